The molecule has 0 saturated carbocycles. The largest absolute Gasteiger partial charge is 0.496 e. The summed E-state index contributed by atoms with van der Waals surface area (Å²) in [6, 6.07) is 5.95. The van der Waals surface area contributed by atoms with Crippen molar-refractivity contribution in [2.75, 3.05) is 66.6 Å². The third-order valence-electron chi connectivity index (χ3n) is 5.67. The van der Waals surface area contributed by atoms with Gasteiger partial charge in [0.05, 0.1) is 32.8 Å². The Morgan fingerprint density at radius 1 is 1.11 bits per heavy atom. The lowest BCUT2D eigenvalue weighted by atomic mass is 9.94. The maximum atomic E-state index is 12.3. The number of ether oxygens (including phenoxy) is 3. The van der Waals surface area contributed by atoms with Crippen LogP contribution in [0.4, 0.5) is 4.79 Å². The van der Waals surface area contributed by atoms with Crippen molar-refractivity contribution < 1.29 is 23.8 Å². The Balaban J connectivity index is 1.64. The predicted octanol–water partition coefficient (Wildman–Crippen LogP) is 4.39. The normalized spacial score (nSPS) is 15.5. The Morgan fingerprint density at radius 2 is 1.80 bits per heavy atom. The lowest BCUT2D eigenvalue weighted by Gasteiger charge is -2.39. The fraction of sp³-hybridized carbons (Fsp3) is 0.731. The molecule has 1 saturated heterocycles. The van der Waals surface area contributed by atoms with E-state index in [1.165, 1.54) is 0 Å². The first kappa shape index (κ1) is 29.6. The van der Waals surface area contributed by atoms with Crippen LogP contribution in [0.3, 0.4) is 0 Å². The molecule has 0 radical (unpaired) electrons. The highest BCUT2D eigenvalue weighted by atomic mass is 35.5. The number of halogens is 1. The minimum absolute atomic E-state index is 0.0239. The standard InChI is InChI=1S/C26H44ClN3O5/c1-25(2,3)35-24(31)30-12-10-29(11-13-30)19-26(4,5)20-34-28(6)14-15-33-18-21-8-9-22(17-27)23(16-21)32-7/h8-9,16H,10-15,17-20H2,1-7H3. The molecular weight excluding hydrogens is 470 g/mol. The summed E-state index contributed by atoms with van der Waals surface area (Å²) < 4.78 is 16.7. The molecule has 0 unspecified atom stereocenters. The molecule has 200 valence electrons. The average molecular weight is 514 g/mol. The van der Waals surface area contributed by atoms with E-state index in [0.717, 1.165) is 36.5 Å². The van der Waals surface area contributed by atoms with Crippen LogP contribution >= 0.6 is 11.6 Å². The molecular formula is C26H44ClN3O5. The second-order valence-electron chi connectivity index (χ2n) is 10.9. The van der Waals surface area contributed by atoms with Crippen LogP contribution < -0.4 is 4.74 Å². The highest BCUT2D eigenvalue weighted by molar-refractivity contribution is 6.17. The van der Waals surface area contributed by atoms with E-state index in [-0.39, 0.29) is 11.5 Å². The second kappa shape index (κ2) is 13.7. The molecule has 1 fully saturated rings. The molecule has 8 nitrogen and oxygen atoms in total. The third-order valence-corrected chi connectivity index (χ3v) is 5.95. The van der Waals surface area contributed by atoms with Gasteiger partial charge < -0.3 is 19.1 Å². The van der Waals surface area contributed by atoms with Gasteiger partial charge in [0.2, 0.25) is 0 Å². The van der Waals surface area contributed by atoms with Crippen molar-refractivity contribution in [1.29, 1.82) is 0 Å². The highest BCUT2D eigenvalue weighted by Crippen LogP contribution is 2.23. The fourth-order valence-electron chi connectivity index (χ4n) is 3.79. The molecule has 1 amide bonds. The summed E-state index contributed by atoms with van der Waals surface area (Å²) in [6.07, 6.45) is -0.227. The summed E-state index contributed by atoms with van der Waals surface area (Å²) in [5.74, 6) is 1.21. The van der Waals surface area contributed by atoms with E-state index in [1.54, 1.807) is 12.0 Å². The number of amides is 1. The number of methoxy groups -OCH3 is 1. The minimum atomic E-state index is -0.464. The zero-order chi connectivity index (χ0) is 26.1. The van der Waals surface area contributed by atoms with E-state index < -0.39 is 5.60 Å². The van der Waals surface area contributed by atoms with Crippen LogP contribution in [0.15, 0.2) is 18.2 Å². The molecule has 35 heavy (non-hydrogen) atoms. The molecule has 9 heteroatoms. The number of rotatable bonds is 12. The van der Waals surface area contributed by atoms with Crippen LogP contribution in [-0.4, -0.2) is 93.2 Å². The third kappa shape index (κ3) is 10.9. The van der Waals surface area contributed by atoms with Gasteiger partial charge in [-0.3, -0.25) is 9.74 Å². The molecule has 0 bridgehead atoms. The monoisotopic (exact) mass is 513 g/mol. The number of nitrogens with zero attached hydrogens (tertiary/aromatic N) is 3. The summed E-state index contributed by atoms with van der Waals surface area (Å²) in [4.78, 5) is 22.4. The van der Waals surface area contributed by atoms with Crippen LogP contribution in [0.5, 0.6) is 5.75 Å². The Bertz CT molecular complexity index is 792. The Labute approximate surface area is 216 Å². The van der Waals surface area contributed by atoms with Crippen molar-refractivity contribution in [1.82, 2.24) is 14.9 Å². The van der Waals surface area contributed by atoms with Crippen molar-refractivity contribution in [2.45, 2.75) is 52.7 Å². The van der Waals surface area contributed by atoms with Gasteiger partial charge in [-0.05, 0) is 32.4 Å². The second-order valence-corrected chi connectivity index (χ2v) is 11.1. The summed E-state index contributed by atoms with van der Waals surface area (Å²) in [7, 11) is 3.57. The van der Waals surface area contributed by atoms with E-state index >= 15 is 0 Å². The molecule has 0 spiro atoms. The SMILES string of the molecule is COc1cc(COCCN(C)OCC(C)(C)CN2CCN(C(=O)OC(C)(C)C)CC2)ccc1CCl. The quantitative estimate of drug-likeness (QED) is 0.233. The van der Waals surface area contributed by atoms with Crippen LogP contribution in [-0.2, 0) is 26.8 Å². The Hall–Kier alpha value is -1.58. The van der Waals surface area contributed by atoms with Crippen molar-refractivity contribution >= 4 is 17.7 Å². The first-order valence-corrected chi connectivity index (χ1v) is 12.8. The zero-order valence-electron chi connectivity index (χ0n) is 22.6. The van der Waals surface area contributed by atoms with E-state index in [9.17, 15) is 4.79 Å². The molecule has 0 aromatic heterocycles. The topological polar surface area (TPSA) is 63.7 Å². The Morgan fingerprint density at radius 3 is 2.40 bits per heavy atom. The van der Waals surface area contributed by atoms with Crippen molar-refractivity contribution in [3.8, 4) is 5.75 Å². The first-order valence-electron chi connectivity index (χ1n) is 12.3. The molecule has 1 aromatic carbocycles. The van der Waals surface area contributed by atoms with Gasteiger partial charge in [0, 0.05) is 57.3 Å². The molecule has 1 aliphatic rings. The lowest BCUT2D eigenvalue weighted by Crippen LogP contribution is -2.52. The van der Waals surface area contributed by atoms with E-state index in [4.69, 9.17) is 30.6 Å². The summed E-state index contributed by atoms with van der Waals surface area (Å²) in [6.45, 7) is 16.4. The van der Waals surface area contributed by atoms with Gasteiger partial charge in [0.1, 0.15) is 11.4 Å². The fourth-order valence-corrected chi connectivity index (χ4v) is 4.01. The van der Waals surface area contributed by atoms with Gasteiger partial charge >= 0.3 is 6.09 Å². The number of alkyl halides is 1. The average Bonchev–Trinajstić information content (AvgIpc) is 2.79. The zero-order valence-corrected chi connectivity index (χ0v) is 23.3. The smallest absolute Gasteiger partial charge is 0.410 e. The molecule has 0 aliphatic carbocycles. The first-order chi connectivity index (χ1) is 16.4. The molecule has 1 aromatic rings. The number of carbonyl (C=O) groups excluding carboxylic acids is 1. The van der Waals surface area contributed by atoms with Gasteiger partial charge in [-0.25, -0.2) is 4.79 Å². The number of likely N-dealkylation sites (N-methyl/N-ethyl adjacent to an activating group) is 1. The van der Waals surface area contributed by atoms with Crippen LogP contribution in [0.2, 0.25) is 0 Å². The predicted molar refractivity (Wildman–Crippen MR) is 139 cm³/mol. The lowest BCUT2D eigenvalue weighted by molar-refractivity contribution is -0.172. The van der Waals surface area contributed by atoms with E-state index in [2.05, 4.69) is 18.7 Å². The van der Waals surface area contributed by atoms with E-state index in [1.807, 2.05) is 51.1 Å². The Kier molecular flexibility index (Phi) is 11.6. The maximum absolute atomic E-state index is 12.3. The summed E-state index contributed by atoms with van der Waals surface area (Å²) in [5.41, 5.74) is 1.53. The van der Waals surface area contributed by atoms with Crippen LogP contribution in [0.1, 0.15) is 45.7 Å². The van der Waals surface area contributed by atoms with Crippen LogP contribution in [0.25, 0.3) is 0 Å². The number of piperazine rings is 1. The summed E-state index contributed by atoms with van der Waals surface area (Å²) >= 11 is 5.93. The number of hydroxylamine groups is 2. The summed E-state index contributed by atoms with van der Waals surface area (Å²) in [5, 5.41) is 1.83. The van der Waals surface area contributed by atoms with E-state index in [0.29, 0.717) is 45.3 Å². The van der Waals surface area contributed by atoms with Gasteiger partial charge in [-0.1, -0.05) is 26.0 Å². The van der Waals surface area contributed by atoms with Gasteiger partial charge in [-0.2, -0.15) is 5.06 Å². The minimum Gasteiger partial charge on any atom is -0.496 e. The van der Waals surface area contributed by atoms with Crippen molar-refractivity contribution in [3.05, 3.63) is 29.3 Å². The van der Waals surface area contributed by atoms with Crippen molar-refractivity contribution in [3.63, 3.8) is 0 Å². The molecule has 0 atom stereocenters. The van der Waals surface area contributed by atoms with Crippen molar-refractivity contribution in [2.24, 2.45) is 5.41 Å². The molecule has 0 N–H and O–H groups in total. The highest BCUT2D eigenvalue weighted by Gasteiger charge is 2.29. The van der Waals surface area contributed by atoms with Gasteiger partial charge in [0.25, 0.3) is 0 Å². The number of hydrogen-bond donors (Lipinski definition) is 0. The van der Waals surface area contributed by atoms with Gasteiger partial charge in [-0.15, -0.1) is 11.6 Å². The number of hydrogen-bond acceptors (Lipinski definition) is 7. The number of carbonyl (C=O) groups is 1. The maximum Gasteiger partial charge on any atom is 0.410 e. The molecule has 1 heterocycles. The molecule has 2 rings (SSSR count). The van der Waals surface area contributed by atoms with Crippen LogP contribution in [0, 0.1) is 5.41 Å². The number of benzene rings is 1. The van der Waals surface area contributed by atoms with Gasteiger partial charge in [0.15, 0.2) is 0 Å². The molecule has 1 aliphatic heterocycles.